The van der Waals surface area contributed by atoms with Crippen molar-refractivity contribution in [1.29, 1.82) is 0 Å². The van der Waals surface area contributed by atoms with Crippen LogP contribution in [0.2, 0.25) is 0 Å². The van der Waals surface area contributed by atoms with E-state index in [2.05, 4.69) is 36.6 Å². The van der Waals surface area contributed by atoms with E-state index in [9.17, 15) is 4.79 Å². The molecule has 1 aromatic rings. The van der Waals surface area contributed by atoms with Gasteiger partial charge in [0, 0.05) is 15.4 Å². The van der Waals surface area contributed by atoms with Gasteiger partial charge in [0.1, 0.15) is 0 Å². The van der Waals surface area contributed by atoms with Gasteiger partial charge in [0.15, 0.2) is 0 Å². The summed E-state index contributed by atoms with van der Waals surface area (Å²) in [6.07, 6.45) is 1.80. The van der Waals surface area contributed by atoms with Crippen molar-refractivity contribution >= 4 is 43.9 Å². The molecule has 0 atom stereocenters. The molecule has 0 bridgehead atoms. The van der Waals surface area contributed by atoms with E-state index < -0.39 is 0 Å². The molecule has 0 aliphatic carbocycles. The summed E-state index contributed by atoms with van der Waals surface area (Å²) in [6, 6.07) is 7.71. The minimum Gasteiger partial charge on any atom is -0.466 e. The monoisotopic (exact) mass is 332 g/mol. The van der Waals surface area contributed by atoms with Crippen molar-refractivity contribution < 1.29 is 9.53 Å². The third-order valence-corrected chi connectivity index (χ3v) is 2.88. The Labute approximate surface area is 106 Å². The summed E-state index contributed by atoms with van der Waals surface area (Å²) in [5, 5.41) is 0.478. The molecule has 0 unspecified atom stereocenters. The molecular weight excluding hydrogens is 324 g/mol. The number of hydrogen-bond donors (Lipinski definition) is 0. The molecule has 0 aromatic heterocycles. The highest BCUT2D eigenvalue weighted by molar-refractivity contribution is 9.10. The fourth-order valence-corrected chi connectivity index (χ4v) is 1.89. The summed E-state index contributed by atoms with van der Waals surface area (Å²) >= 11 is 6.62. The van der Waals surface area contributed by atoms with Crippen molar-refractivity contribution in [2.24, 2.45) is 0 Å². The maximum absolute atomic E-state index is 11.3. The lowest BCUT2D eigenvalue weighted by atomic mass is 10.1. The molecule has 2 nitrogen and oxygen atoms in total. The highest BCUT2D eigenvalue weighted by atomic mass is 79.9. The molecule has 0 heterocycles. The van der Waals surface area contributed by atoms with Crippen LogP contribution < -0.4 is 0 Å². The molecule has 0 radical (unpaired) electrons. The smallest absolute Gasteiger partial charge is 0.334 e. The molecule has 0 spiro atoms. The Balaban J connectivity index is 2.98. The van der Waals surface area contributed by atoms with Gasteiger partial charge in [-0.3, -0.25) is 0 Å². The molecule has 15 heavy (non-hydrogen) atoms. The van der Waals surface area contributed by atoms with Gasteiger partial charge in [-0.15, -0.1) is 0 Å². The normalized spacial score (nSPS) is 11.3. The molecule has 1 rings (SSSR count). The summed E-state index contributed by atoms with van der Waals surface area (Å²) in [6.45, 7) is 0. The van der Waals surface area contributed by atoms with E-state index >= 15 is 0 Å². The zero-order valence-corrected chi connectivity index (χ0v) is 11.3. The minimum atomic E-state index is -0.313. The molecule has 0 amide bonds. The van der Waals surface area contributed by atoms with E-state index in [1.807, 2.05) is 24.3 Å². The van der Waals surface area contributed by atoms with Crippen LogP contribution in [0.4, 0.5) is 0 Å². The summed E-state index contributed by atoms with van der Waals surface area (Å²) < 4.78 is 5.64. The Morgan fingerprint density at radius 2 is 2.27 bits per heavy atom. The van der Waals surface area contributed by atoms with Crippen LogP contribution in [-0.2, 0) is 9.53 Å². The zero-order chi connectivity index (χ0) is 11.3. The van der Waals surface area contributed by atoms with Gasteiger partial charge in [0.25, 0.3) is 0 Å². The van der Waals surface area contributed by atoms with Crippen LogP contribution in [0.3, 0.4) is 0 Å². The molecule has 0 aliphatic heterocycles. The first-order valence-corrected chi connectivity index (χ1v) is 6.19. The van der Waals surface area contributed by atoms with Crippen molar-refractivity contribution in [2.75, 3.05) is 12.4 Å². The van der Waals surface area contributed by atoms with Crippen LogP contribution in [-0.4, -0.2) is 18.4 Å². The summed E-state index contributed by atoms with van der Waals surface area (Å²) in [5.41, 5.74) is 1.56. The fourth-order valence-electron chi connectivity index (χ4n) is 1.08. The van der Waals surface area contributed by atoms with E-state index in [0.29, 0.717) is 10.9 Å². The first-order valence-electron chi connectivity index (χ1n) is 4.28. The van der Waals surface area contributed by atoms with Gasteiger partial charge in [-0.05, 0) is 23.8 Å². The SMILES string of the molecule is COC(=O)/C(=C/c1cccc(Br)c1)CBr. The molecule has 80 valence electrons. The molecular formula is C11H10Br2O2. The predicted molar refractivity (Wildman–Crippen MR) is 67.9 cm³/mol. The van der Waals surface area contributed by atoms with Gasteiger partial charge in [-0.2, -0.15) is 0 Å². The Morgan fingerprint density at radius 3 is 2.80 bits per heavy atom. The van der Waals surface area contributed by atoms with Crippen LogP contribution in [0.15, 0.2) is 34.3 Å². The molecule has 0 N–H and O–H groups in total. The molecule has 0 fully saturated rings. The number of hydrogen-bond acceptors (Lipinski definition) is 2. The highest BCUT2D eigenvalue weighted by Crippen LogP contribution is 2.15. The quantitative estimate of drug-likeness (QED) is 0.481. The minimum absolute atomic E-state index is 0.313. The number of halogens is 2. The molecule has 0 saturated heterocycles. The fraction of sp³-hybridized carbons (Fsp3) is 0.182. The Kier molecular flexibility index (Phi) is 5.05. The average molecular weight is 334 g/mol. The molecule has 4 heteroatoms. The zero-order valence-electron chi connectivity index (χ0n) is 8.17. The van der Waals surface area contributed by atoms with E-state index in [1.54, 1.807) is 6.08 Å². The maximum atomic E-state index is 11.3. The lowest BCUT2D eigenvalue weighted by Gasteiger charge is -2.01. The number of carbonyl (C=O) groups excluding carboxylic acids is 1. The van der Waals surface area contributed by atoms with Gasteiger partial charge in [-0.1, -0.05) is 44.0 Å². The largest absolute Gasteiger partial charge is 0.466 e. The molecule has 1 aromatic carbocycles. The van der Waals surface area contributed by atoms with Crippen molar-refractivity contribution in [3.05, 3.63) is 39.9 Å². The number of methoxy groups -OCH3 is 1. The molecule has 0 aliphatic rings. The van der Waals surface area contributed by atoms with Crippen LogP contribution in [0.25, 0.3) is 6.08 Å². The van der Waals surface area contributed by atoms with Crippen molar-refractivity contribution in [2.45, 2.75) is 0 Å². The van der Waals surface area contributed by atoms with E-state index in [4.69, 9.17) is 0 Å². The van der Waals surface area contributed by atoms with Crippen LogP contribution in [0.1, 0.15) is 5.56 Å². The number of alkyl halides is 1. The lowest BCUT2D eigenvalue weighted by Crippen LogP contribution is -2.05. The summed E-state index contributed by atoms with van der Waals surface area (Å²) in [7, 11) is 1.37. The van der Waals surface area contributed by atoms with Gasteiger partial charge >= 0.3 is 5.97 Å². The van der Waals surface area contributed by atoms with Gasteiger partial charge < -0.3 is 4.74 Å². The van der Waals surface area contributed by atoms with E-state index in [1.165, 1.54) is 7.11 Å². The summed E-state index contributed by atoms with van der Waals surface area (Å²) in [4.78, 5) is 11.3. The highest BCUT2D eigenvalue weighted by Gasteiger charge is 2.07. The predicted octanol–water partition coefficient (Wildman–Crippen LogP) is 3.40. The first kappa shape index (κ1) is 12.5. The second kappa shape index (κ2) is 6.08. The van der Waals surface area contributed by atoms with E-state index in [-0.39, 0.29) is 5.97 Å². The number of esters is 1. The Bertz CT molecular complexity index is 386. The maximum Gasteiger partial charge on any atom is 0.334 e. The van der Waals surface area contributed by atoms with Crippen molar-refractivity contribution in [3.8, 4) is 0 Å². The van der Waals surface area contributed by atoms with Crippen LogP contribution in [0.5, 0.6) is 0 Å². The standard InChI is InChI=1S/C11H10Br2O2/c1-15-11(14)9(7-12)5-8-3-2-4-10(13)6-8/h2-6H,7H2,1H3/b9-5+. The Hall–Kier alpha value is -0.610. The van der Waals surface area contributed by atoms with Crippen molar-refractivity contribution in [1.82, 2.24) is 0 Å². The summed E-state index contributed by atoms with van der Waals surface area (Å²) in [5.74, 6) is -0.313. The van der Waals surface area contributed by atoms with Gasteiger partial charge in [0.05, 0.1) is 7.11 Å². The third-order valence-electron chi connectivity index (χ3n) is 1.78. The van der Waals surface area contributed by atoms with Crippen LogP contribution >= 0.6 is 31.9 Å². The third kappa shape index (κ3) is 3.80. The van der Waals surface area contributed by atoms with E-state index in [0.717, 1.165) is 10.0 Å². The second-order valence-electron chi connectivity index (χ2n) is 2.85. The molecule has 0 saturated carbocycles. The topological polar surface area (TPSA) is 26.3 Å². The van der Waals surface area contributed by atoms with Crippen molar-refractivity contribution in [3.63, 3.8) is 0 Å². The average Bonchev–Trinajstić information content (AvgIpc) is 2.25. The van der Waals surface area contributed by atoms with Crippen LogP contribution in [0, 0.1) is 0 Å². The van der Waals surface area contributed by atoms with Gasteiger partial charge in [-0.25, -0.2) is 4.79 Å². The second-order valence-corrected chi connectivity index (χ2v) is 4.33. The first-order chi connectivity index (χ1) is 7.17. The number of rotatable bonds is 3. The number of benzene rings is 1. The Morgan fingerprint density at radius 1 is 1.53 bits per heavy atom. The van der Waals surface area contributed by atoms with Gasteiger partial charge in [0.2, 0.25) is 0 Å². The lowest BCUT2D eigenvalue weighted by molar-refractivity contribution is -0.135. The number of carbonyl (C=O) groups is 1. The number of ether oxygens (including phenoxy) is 1.